The quantitative estimate of drug-likeness (QED) is 0.812. The summed E-state index contributed by atoms with van der Waals surface area (Å²) < 4.78 is 0. The summed E-state index contributed by atoms with van der Waals surface area (Å²) in [6, 6.07) is 16.2. The standard InChI is InChI=1S/C15H17ClN2S/c1-19-14-8-2-11(3-9-14)15(10-17)18-13-6-4-12(16)5-7-13/h2-9,15,18H,10,17H2,1H3. The largest absolute Gasteiger partial charge is 0.377 e. The molecule has 0 amide bonds. The molecule has 0 heterocycles. The lowest BCUT2D eigenvalue weighted by molar-refractivity contribution is 0.789. The van der Waals surface area contributed by atoms with Crippen molar-refractivity contribution in [3.63, 3.8) is 0 Å². The summed E-state index contributed by atoms with van der Waals surface area (Å²) in [5.74, 6) is 0. The molecule has 0 saturated carbocycles. The van der Waals surface area contributed by atoms with Crippen molar-refractivity contribution in [2.24, 2.45) is 5.73 Å². The highest BCUT2D eigenvalue weighted by Gasteiger charge is 2.09. The van der Waals surface area contributed by atoms with Crippen LogP contribution in [0.3, 0.4) is 0 Å². The smallest absolute Gasteiger partial charge is 0.0636 e. The molecule has 1 unspecified atom stereocenters. The van der Waals surface area contributed by atoms with Gasteiger partial charge in [0.1, 0.15) is 0 Å². The van der Waals surface area contributed by atoms with Crippen LogP contribution >= 0.6 is 23.4 Å². The van der Waals surface area contributed by atoms with E-state index in [0.717, 1.165) is 10.7 Å². The van der Waals surface area contributed by atoms with E-state index in [1.54, 1.807) is 11.8 Å². The van der Waals surface area contributed by atoms with E-state index in [1.807, 2.05) is 24.3 Å². The minimum Gasteiger partial charge on any atom is -0.377 e. The zero-order valence-corrected chi connectivity index (χ0v) is 12.3. The Morgan fingerprint density at radius 1 is 1.11 bits per heavy atom. The monoisotopic (exact) mass is 292 g/mol. The highest BCUT2D eigenvalue weighted by Crippen LogP contribution is 2.23. The lowest BCUT2D eigenvalue weighted by atomic mass is 10.1. The molecule has 2 rings (SSSR count). The highest BCUT2D eigenvalue weighted by molar-refractivity contribution is 7.98. The predicted octanol–water partition coefficient (Wildman–Crippen LogP) is 4.17. The number of hydrogen-bond donors (Lipinski definition) is 2. The molecular weight excluding hydrogens is 276 g/mol. The molecule has 4 heteroatoms. The molecule has 0 aliphatic carbocycles. The van der Waals surface area contributed by atoms with Crippen LogP contribution in [0.1, 0.15) is 11.6 Å². The predicted molar refractivity (Wildman–Crippen MR) is 85.1 cm³/mol. The summed E-state index contributed by atoms with van der Waals surface area (Å²) in [4.78, 5) is 1.26. The number of nitrogens with two attached hydrogens (primary N) is 1. The fourth-order valence-electron chi connectivity index (χ4n) is 1.86. The van der Waals surface area contributed by atoms with Crippen LogP contribution in [-0.4, -0.2) is 12.8 Å². The van der Waals surface area contributed by atoms with Gasteiger partial charge >= 0.3 is 0 Å². The third-order valence-corrected chi connectivity index (χ3v) is 3.93. The van der Waals surface area contributed by atoms with E-state index in [-0.39, 0.29) is 6.04 Å². The maximum Gasteiger partial charge on any atom is 0.0636 e. The summed E-state index contributed by atoms with van der Waals surface area (Å²) in [6.45, 7) is 0.543. The maximum atomic E-state index is 5.88. The molecular formula is C15H17ClN2S. The van der Waals surface area contributed by atoms with Gasteiger partial charge in [0.2, 0.25) is 0 Å². The normalized spacial score (nSPS) is 12.2. The Morgan fingerprint density at radius 3 is 2.26 bits per heavy atom. The van der Waals surface area contributed by atoms with Crippen molar-refractivity contribution in [2.75, 3.05) is 18.1 Å². The topological polar surface area (TPSA) is 38.0 Å². The first-order valence-electron chi connectivity index (χ1n) is 6.09. The summed E-state index contributed by atoms with van der Waals surface area (Å²) in [6.07, 6.45) is 2.07. The maximum absolute atomic E-state index is 5.88. The molecule has 1 atom stereocenters. The number of nitrogens with one attached hydrogen (secondary N) is 1. The van der Waals surface area contributed by atoms with E-state index in [9.17, 15) is 0 Å². The van der Waals surface area contributed by atoms with Gasteiger partial charge in [-0.3, -0.25) is 0 Å². The van der Waals surface area contributed by atoms with Crippen molar-refractivity contribution in [2.45, 2.75) is 10.9 Å². The number of anilines is 1. The average molecular weight is 293 g/mol. The first-order valence-corrected chi connectivity index (χ1v) is 7.69. The molecule has 0 fully saturated rings. The van der Waals surface area contributed by atoms with Crippen LogP contribution < -0.4 is 11.1 Å². The minimum absolute atomic E-state index is 0.108. The SMILES string of the molecule is CSc1ccc(C(CN)Nc2ccc(Cl)cc2)cc1. The molecule has 2 aromatic carbocycles. The number of hydrogen-bond acceptors (Lipinski definition) is 3. The Bertz CT molecular complexity index is 511. The van der Waals surface area contributed by atoms with Crippen molar-refractivity contribution < 1.29 is 0 Å². The second-order valence-electron chi connectivity index (χ2n) is 4.21. The molecule has 2 aromatic rings. The molecule has 0 aliphatic heterocycles. The summed E-state index contributed by atoms with van der Waals surface area (Å²) in [7, 11) is 0. The zero-order valence-electron chi connectivity index (χ0n) is 10.8. The second kappa shape index (κ2) is 6.85. The third-order valence-electron chi connectivity index (χ3n) is 2.94. The van der Waals surface area contributed by atoms with Gasteiger partial charge in [-0.2, -0.15) is 0 Å². The first kappa shape index (κ1) is 14.3. The van der Waals surface area contributed by atoms with Crippen LogP contribution in [-0.2, 0) is 0 Å². The van der Waals surface area contributed by atoms with Crippen molar-refractivity contribution in [3.05, 3.63) is 59.1 Å². The molecule has 0 radical (unpaired) electrons. The lowest BCUT2D eigenvalue weighted by Crippen LogP contribution is -2.20. The molecule has 100 valence electrons. The second-order valence-corrected chi connectivity index (χ2v) is 5.53. The van der Waals surface area contributed by atoms with Gasteiger partial charge in [0, 0.05) is 22.2 Å². The third kappa shape index (κ3) is 3.90. The number of halogens is 1. The molecule has 0 bridgehead atoms. The van der Waals surface area contributed by atoms with Crippen LogP contribution in [0.15, 0.2) is 53.4 Å². The summed E-state index contributed by atoms with van der Waals surface area (Å²) in [5.41, 5.74) is 8.07. The van der Waals surface area contributed by atoms with Crippen molar-refractivity contribution in [3.8, 4) is 0 Å². The fraction of sp³-hybridized carbons (Fsp3) is 0.200. The van der Waals surface area contributed by atoms with E-state index in [1.165, 1.54) is 10.5 Å². The molecule has 3 N–H and O–H groups in total. The van der Waals surface area contributed by atoms with Gasteiger partial charge in [-0.25, -0.2) is 0 Å². The minimum atomic E-state index is 0.108. The Hall–Kier alpha value is -1.16. The van der Waals surface area contributed by atoms with E-state index >= 15 is 0 Å². The Balaban J connectivity index is 2.12. The fourth-order valence-corrected chi connectivity index (χ4v) is 2.40. The molecule has 19 heavy (non-hydrogen) atoms. The van der Waals surface area contributed by atoms with Crippen molar-refractivity contribution in [1.82, 2.24) is 0 Å². The first-order chi connectivity index (χ1) is 9.22. The van der Waals surface area contributed by atoms with Crippen molar-refractivity contribution >= 4 is 29.1 Å². The zero-order chi connectivity index (χ0) is 13.7. The van der Waals surface area contributed by atoms with Gasteiger partial charge in [0.15, 0.2) is 0 Å². The van der Waals surface area contributed by atoms with E-state index in [4.69, 9.17) is 17.3 Å². The van der Waals surface area contributed by atoms with Gasteiger partial charge in [-0.15, -0.1) is 11.8 Å². The Morgan fingerprint density at radius 2 is 1.74 bits per heavy atom. The molecule has 0 aliphatic rings. The Kier molecular flexibility index (Phi) is 5.14. The van der Waals surface area contributed by atoms with Crippen LogP contribution in [0.4, 0.5) is 5.69 Å². The number of rotatable bonds is 5. The van der Waals surface area contributed by atoms with Crippen LogP contribution in [0.5, 0.6) is 0 Å². The number of thioether (sulfide) groups is 1. The van der Waals surface area contributed by atoms with Crippen LogP contribution in [0.25, 0.3) is 0 Å². The van der Waals surface area contributed by atoms with E-state index in [0.29, 0.717) is 6.54 Å². The lowest BCUT2D eigenvalue weighted by Gasteiger charge is -2.19. The van der Waals surface area contributed by atoms with Crippen molar-refractivity contribution in [1.29, 1.82) is 0 Å². The molecule has 2 nitrogen and oxygen atoms in total. The van der Waals surface area contributed by atoms with Crippen LogP contribution in [0.2, 0.25) is 5.02 Å². The molecule has 0 saturated heterocycles. The van der Waals surface area contributed by atoms with Gasteiger partial charge in [-0.1, -0.05) is 23.7 Å². The average Bonchev–Trinajstić information content (AvgIpc) is 2.47. The highest BCUT2D eigenvalue weighted by atomic mass is 35.5. The number of benzene rings is 2. The van der Waals surface area contributed by atoms with Gasteiger partial charge in [0.05, 0.1) is 6.04 Å². The van der Waals surface area contributed by atoms with E-state index in [2.05, 4.69) is 35.8 Å². The molecule has 0 aromatic heterocycles. The van der Waals surface area contributed by atoms with Gasteiger partial charge in [0.25, 0.3) is 0 Å². The van der Waals surface area contributed by atoms with Gasteiger partial charge in [-0.05, 0) is 48.2 Å². The van der Waals surface area contributed by atoms with Gasteiger partial charge < -0.3 is 11.1 Å². The van der Waals surface area contributed by atoms with Crippen LogP contribution in [0, 0.1) is 0 Å². The summed E-state index contributed by atoms with van der Waals surface area (Å²) in [5, 5.41) is 4.15. The Labute approximate surface area is 123 Å². The summed E-state index contributed by atoms with van der Waals surface area (Å²) >= 11 is 7.61. The van der Waals surface area contributed by atoms with E-state index < -0.39 is 0 Å². The molecule has 0 spiro atoms.